The zero-order valence-corrected chi connectivity index (χ0v) is 13.9. The molecule has 7 heteroatoms. The number of carbonyl (C=O) groups excluding carboxylic acids is 1. The van der Waals surface area contributed by atoms with E-state index < -0.39 is 0 Å². The third-order valence-electron chi connectivity index (χ3n) is 3.47. The number of hydrogen-bond donors (Lipinski definition) is 1. The van der Waals surface area contributed by atoms with Gasteiger partial charge in [0, 0.05) is 19.3 Å². The molecule has 3 aromatic heterocycles. The summed E-state index contributed by atoms with van der Waals surface area (Å²) in [6, 6.07) is 5.21. The van der Waals surface area contributed by atoms with E-state index in [4.69, 9.17) is 4.74 Å². The van der Waals surface area contributed by atoms with Crippen LogP contribution in [0, 0.1) is 6.92 Å². The molecule has 0 unspecified atom stereocenters. The van der Waals surface area contributed by atoms with Gasteiger partial charge in [0.2, 0.25) is 0 Å². The molecule has 3 rings (SSSR count). The number of rotatable bonds is 4. The van der Waals surface area contributed by atoms with Crippen LogP contribution in [0.4, 0.5) is 0 Å². The third-order valence-corrected chi connectivity index (χ3v) is 4.50. The lowest BCUT2D eigenvalue weighted by Crippen LogP contribution is -2.35. The third kappa shape index (κ3) is 2.97. The Morgan fingerprint density at radius 1 is 1.48 bits per heavy atom. The molecule has 0 saturated heterocycles. The van der Waals surface area contributed by atoms with Gasteiger partial charge in [-0.3, -0.25) is 14.0 Å². The van der Waals surface area contributed by atoms with Crippen LogP contribution >= 0.6 is 11.3 Å². The van der Waals surface area contributed by atoms with Gasteiger partial charge in [-0.25, -0.2) is 4.98 Å². The minimum atomic E-state index is -0.220. The SMILES string of the molecule is COC[C@H](C)NC(=O)c1cc2c(=O)n3cc(C)ccc3nc2s1. The Kier molecular flexibility index (Phi) is 4.14. The van der Waals surface area contributed by atoms with E-state index in [2.05, 4.69) is 10.3 Å². The summed E-state index contributed by atoms with van der Waals surface area (Å²) in [6.07, 6.45) is 1.75. The Balaban J connectivity index is 2.05. The Hall–Kier alpha value is -2.25. The second-order valence-electron chi connectivity index (χ2n) is 5.51. The van der Waals surface area contributed by atoms with Crippen molar-refractivity contribution >= 4 is 33.1 Å². The van der Waals surface area contributed by atoms with Crippen LogP contribution in [0.15, 0.2) is 29.2 Å². The summed E-state index contributed by atoms with van der Waals surface area (Å²) in [4.78, 5) is 30.4. The monoisotopic (exact) mass is 331 g/mol. The van der Waals surface area contributed by atoms with Crippen LogP contribution < -0.4 is 10.9 Å². The second kappa shape index (κ2) is 6.10. The zero-order valence-electron chi connectivity index (χ0n) is 13.1. The van der Waals surface area contributed by atoms with Gasteiger partial charge in [0.25, 0.3) is 11.5 Å². The molecule has 3 heterocycles. The fourth-order valence-electron chi connectivity index (χ4n) is 2.40. The zero-order chi connectivity index (χ0) is 16.6. The first-order chi connectivity index (χ1) is 11.0. The Bertz CT molecular complexity index is 945. The van der Waals surface area contributed by atoms with E-state index in [9.17, 15) is 9.59 Å². The fourth-order valence-corrected chi connectivity index (χ4v) is 3.33. The van der Waals surface area contributed by atoms with Crippen LogP contribution in [0.1, 0.15) is 22.2 Å². The molecular weight excluding hydrogens is 314 g/mol. The summed E-state index contributed by atoms with van der Waals surface area (Å²) >= 11 is 1.22. The number of amides is 1. The second-order valence-corrected chi connectivity index (χ2v) is 6.54. The number of aromatic nitrogens is 2. The van der Waals surface area contributed by atoms with Crippen molar-refractivity contribution in [2.24, 2.45) is 0 Å². The normalized spacial score (nSPS) is 12.7. The summed E-state index contributed by atoms with van der Waals surface area (Å²) in [5.74, 6) is -0.220. The molecule has 0 spiro atoms. The van der Waals surface area contributed by atoms with E-state index in [0.717, 1.165) is 5.56 Å². The van der Waals surface area contributed by atoms with Gasteiger partial charge in [-0.2, -0.15) is 0 Å². The van der Waals surface area contributed by atoms with Crippen molar-refractivity contribution < 1.29 is 9.53 Å². The van der Waals surface area contributed by atoms with Gasteiger partial charge >= 0.3 is 0 Å². The minimum absolute atomic E-state index is 0.103. The van der Waals surface area contributed by atoms with E-state index in [1.165, 1.54) is 15.7 Å². The highest BCUT2D eigenvalue weighted by Crippen LogP contribution is 2.22. The smallest absolute Gasteiger partial charge is 0.266 e. The van der Waals surface area contributed by atoms with Gasteiger partial charge in [-0.1, -0.05) is 6.07 Å². The Morgan fingerprint density at radius 2 is 2.26 bits per heavy atom. The molecule has 1 amide bonds. The summed E-state index contributed by atoms with van der Waals surface area (Å²) in [5.41, 5.74) is 1.39. The predicted molar refractivity (Wildman–Crippen MR) is 90.4 cm³/mol. The van der Waals surface area contributed by atoms with Crippen molar-refractivity contribution in [2.45, 2.75) is 19.9 Å². The van der Waals surface area contributed by atoms with E-state index in [0.29, 0.717) is 27.3 Å². The molecule has 0 radical (unpaired) electrons. The van der Waals surface area contributed by atoms with Crippen molar-refractivity contribution in [1.82, 2.24) is 14.7 Å². The largest absolute Gasteiger partial charge is 0.383 e. The van der Waals surface area contributed by atoms with Gasteiger partial charge < -0.3 is 10.1 Å². The van der Waals surface area contributed by atoms with Crippen molar-refractivity contribution in [2.75, 3.05) is 13.7 Å². The number of thiophene rings is 1. The number of carbonyl (C=O) groups is 1. The molecule has 23 heavy (non-hydrogen) atoms. The van der Waals surface area contributed by atoms with Crippen molar-refractivity contribution in [3.63, 3.8) is 0 Å². The topological polar surface area (TPSA) is 72.7 Å². The summed E-state index contributed by atoms with van der Waals surface area (Å²) in [5, 5.41) is 3.30. The fraction of sp³-hybridized carbons (Fsp3) is 0.312. The van der Waals surface area contributed by atoms with Gasteiger partial charge in [0.15, 0.2) is 0 Å². The molecule has 0 aliphatic carbocycles. The standard InChI is InChI=1S/C16H17N3O3S/c1-9-4-5-13-18-15-11(16(21)19(13)7-9)6-12(23-15)14(20)17-10(2)8-22-3/h4-7,10H,8H2,1-3H3,(H,17,20)/t10-/m0/s1. The van der Waals surface area contributed by atoms with E-state index >= 15 is 0 Å². The highest BCUT2D eigenvalue weighted by molar-refractivity contribution is 7.20. The average molecular weight is 331 g/mol. The molecule has 0 aromatic carbocycles. The van der Waals surface area contributed by atoms with E-state index in [1.54, 1.807) is 25.4 Å². The van der Waals surface area contributed by atoms with Crippen LogP contribution in [0.25, 0.3) is 15.9 Å². The molecule has 0 bridgehead atoms. The van der Waals surface area contributed by atoms with Crippen LogP contribution in [0.2, 0.25) is 0 Å². The summed E-state index contributed by atoms with van der Waals surface area (Å²) in [6.45, 7) is 4.21. The number of pyridine rings is 1. The van der Waals surface area contributed by atoms with Crippen molar-refractivity contribution in [3.05, 3.63) is 45.2 Å². The highest BCUT2D eigenvalue weighted by Gasteiger charge is 2.16. The van der Waals surface area contributed by atoms with Crippen LogP contribution in [0.3, 0.4) is 0 Å². The van der Waals surface area contributed by atoms with Gasteiger partial charge in [-0.15, -0.1) is 11.3 Å². The number of aryl methyl sites for hydroxylation is 1. The van der Waals surface area contributed by atoms with Gasteiger partial charge in [0.1, 0.15) is 10.5 Å². The number of nitrogens with one attached hydrogen (secondary N) is 1. The summed E-state index contributed by atoms with van der Waals surface area (Å²) < 4.78 is 6.52. The lowest BCUT2D eigenvalue weighted by atomic mass is 10.3. The van der Waals surface area contributed by atoms with Crippen molar-refractivity contribution in [3.8, 4) is 0 Å². The molecule has 6 nitrogen and oxygen atoms in total. The van der Waals surface area contributed by atoms with Crippen LogP contribution in [0.5, 0.6) is 0 Å². The maximum atomic E-state index is 12.6. The van der Waals surface area contributed by atoms with Crippen LogP contribution in [-0.4, -0.2) is 35.1 Å². The first kappa shape index (κ1) is 15.6. The maximum Gasteiger partial charge on any atom is 0.266 e. The van der Waals surface area contributed by atoms with E-state index in [-0.39, 0.29) is 17.5 Å². The molecule has 0 fully saturated rings. The number of hydrogen-bond acceptors (Lipinski definition) is 5. The summed E-state index contributed by atoms with van der Waals surface area (Å²) in [7, 11) is 1.58. The number of methoxy groups -OCH3 is 1. The van der Waals surface area contributed by atoms with Gasteiger partial charge in [0.05, 0.1) is 16.9 Å². The minimum Gasteiger partial charge on any atom is -0.383 e. The van der Waals surface area contributed by atoms with Gasteiger partial charge in [-0.05, 0) is 31.5 Å². The Labute approximate surface area is 136 Å². The first-order valence-corrected chi connectivity index (χ1v) is 8.03. The van der Waals surface area contributed by atoms with Crippen molar-refractivity contribution in [1.29, 1.82) is 0 Å². The molecule has 120 valence electrons. The molecule has 0 aliphatic heterocycles. The first-order valence-electron chi connectivity index (χ1n) is 7.22. The predicted octanol–water partition coefficient (Wildman–Crippen LogP) is 1.98. The number of nitrogens with zero attached hydrogens (tertiary/aromatic N) is 2. The lowest BCUT2D eigenvalue weighted by molar-refractivity contribution is 0.0909. The molecule has 0 saturated carbocycles. The van der Waals surface area contributed by atoms with Crippen LogP contribution in [-0.2, 0) is 4.74 Å². The molecule has 1 atom stereocenters. The molecular formula is C16H17N3O3S. The molecule has 0 aliphatic rings. The highest BCUT2D eigenvalue weighted by atomic mass is 32.1. The van der Waals surface area contributed by atoms with E-state index in [1.807, 2.05) is 19.9 Å². The number of fused-ring (bicyclic) bond motifs is 2. The Morgan fingerprint density at radius 3 is 3.00 bits per heavy atom. The lowest BCUT2D eigenvalue weighted by Gasteiger charge is -2.11. The number of ether oxygens (including phenoxy) is 1. The average Bonchev–Trinajstić information content (AvgIpc) is 2.93. The molecule has 3 aromatic rings. The quantitative estimate of drug-likeness (QED) is 0.793. The maximum absolute atomic E-state index is 12.6. The molecule has 1 N–H and O–H groups in total.